The molecular weight excluding hydrogens is 276 g/mol. The molecule has 1 aliphatic rings. The lowest BCUT2D eigenvalue weighted by Gasteiger charge is -2.08. The molecule has 1 aromatic heterocycles. The predicted octanol–water partition coefficient (Wildman–Crippen LogP) is 1.75. The first kappa shape index (κ1) is 13.2. The molecule has 108 valence electrons. The highest BCUT2D eigenvalue weighted by atomic mass is 16.5. The van der Waals surface area contributed by atoms with Gasteiger partial charge in [0.25, 0.3) is 0 Å². The summed E-state index contributed by atoms with van der Waals surface area (Å²) in [4.78, 5) is 19.4. The normalized spacial score (nSPS) is 12.6. The molecule has 1 aliphatic heterocycles. The summed E-state index contributed by atoms with van der Waals surface area (Å²) in [6.07, 6.45) is 0.231. The highest BCUT2D eigenvalue weighted by Crippen LogP contribution is 2.31. The van der Waals surface area contributed by atoms with Crippen molar-refractivity contribution in [3.63, 3.8) is 0 Å². The van der Waals surface area contributed by atoms with Crippen molar-refractivity contribution in [1.82, 2.24) is 9.97 Å². The monoisotopic (exact) mass is 288 g/mol. The van der Waals surface area contributed by atoms with Gasteiger partial charge in [-0.15, -0.1) is 0 Å². The number of aromatic nitrogens is 2. The second-order valence-electron chi connectivity index (χ2n) is 4.26. The zero-order valence-corrected chi connectivity index (χ0v) is 11.5. The number of hydrogen-bond acceptors (Lipinski definition) is 7. The summed E-state index contributed by atoms with van der Waals surface area (Å²) in [7, 11) is 2.98. The number of methoxy groups -OCH3 is 2. The van der Waals surface area contributed by atoms with E-state index in [-0.39, 0.29) is 18.4 Å². The van der Waals surface area contributed by atoms with Crippen LogP contribution in [0.5, 0.6) is 29.3 Å². The standard InChI is InChI=1S/C14H12N2O5/c1-18-11-7-12(19-2)16-14(15-11)20-9-3-4-10-8(5-9)6-13(17)21-10/h3-5,7H,6H2,1-2H3. The fourth-order valence-electron chi connectivity index (χ4n) is 1.92. The maximum atomic E-state index is 11.2. The molecule has 2 heterocycles. The number of rotatable bonds is 4. The molecule has 0 atom stereocenters. The zero-order chi connectivity index (χ0) is 14.8. The maximum absolute atomic E-state index is 11.2. The number of carbonyl (C=O) groups is 1. The van der Waals surface area contributed by atoms with E-state index in [4.69, 9.17) is 18.9 Å². The highest BCUT2D eigenvalue weighted by molar-refractivity contribution is 5.81. The van der Waals surface area contributed by atoms with Crippen LogP contribution in [-0.4, -0.2) is 30.2 Å². The Morgan fingerprint density at radius 3 is 2.48 bits per heavy atom. The minimum absolute atomic E-state index is 0.0939. The lowest BCUT2D eigenvalue weighted by molar-refractivity contribution is -0.131. The van der Waals surface area contributed by atoms with Crippen molar-refractivity contribution >= 4 is 5.97 Å². The van der Waals surface area contributed by atoms with Crippen molar-refractivity contribution in [2.45, 2.75) is 6.42 Å². The molecule has 0 unspecified atom stereocenters. The number of ether oxygens (including phenoxy) is 4. The number of carbonyl (C=O) groups excluding carboxylic acids is 1. The van der Waals surface area contributed by atoms with E-state index < -0.39 is 0 Å². The molecule has 0 fully saturated rings. The smallest absolute Gasteiger partial charge is 0.328 e. The maximum Gasteiger partial charge on any atom is 0.328 e. The van der Waals surface area contributed by atoms with Gasteiger partial charge in [-0.2, -0.15) is 9.97 Å². The Kier molecular flexibility index (Phi) is 3.31. The van der Waals surface area contributed by atoms with Crippen molar-refractivity contribution in [1.29, 1.82) is 0 Å². The van der Waals surface area contributed by atoms with Crippen LogP contribution in [0.15, 0.2) is 24.3 Å². The van der Waals surface area contributed by atoms with Gasteiger partial charge in [-0.3, -0.25) is 4.79 Å². The van der Waals surface area contributed by atoms with Crippen molar-refractivity contribution in [3.8, 4) is 29.3 Å². The average molecular weight is 288 g/mol. The molecular formula is C14H12N2O5. The van der Waals surface area contributed by atoms with Gasteiger partial charge in [0.05, 0.1) is 26.7 Å². The van der Waals surface area contributed by atoms with Crippen LogP contribution in [0.3, 0.4) is 0 Å². The van der Waals surface area contributed by atoms with Gasteiger partial charge in [-0.05, 0) is 18.2 Å². The lowest BCUT2D eigenvalue weighted by Crippen LogP contribution is -2.00. The van der Waals surface area contributed by atoms with Crippen molar-refractivity contribution in [3.05, 3.63) is 29.8 Å². The molecule has 0 bridgehead atoms. The van der Waals surface area contributed by atoms with E-state index >= 15 is 0 Å². The molecule has 7 heteroatoms. The summed E-state index contributed by atoms with van der Waals surface area (Å²) >= 11 is 0. The number of fused-ring (bicyclic) bond motifs is 1. The van der Waals surface area contributed by atoms with E-state index in [1.54, 1.807) is 24.3 Å². The van der Waals surface area contributed by atoms with Crippen molar-refractivity contribution in [2.24, 2.45) is 0 Å². The average Bonchev–Trinajstić information content (AvgIpc) is 2.86. The summed E-state index contributed by atoms with van der Waals surface area (Å²) in [6, 6.07) is 6.70. The van der Waals surface area contributed by atoms with E-state index in [0.29, 0.717) is 23.3 Å². The Hall–Kier alpha value is -2.83. The Balaban J connectivity index is 1.87. The highest BCUT2D eigenvalue weighted by Gasteiger charge is 2.21. The zero-order valence-electron chi connectivity index (χ0n) is 11.5. The molecule has 21 heavy (non-hydrogen) atoms. The molecule has 0 aliphatic carbocycles. The van der Waals surface area contributed by atoms with E-state index in [1.807, 2.05) is 0 Å². The lowest BCUT2D eigenvalue weighted by atomic mass is 10.1. The van der Waals surface area contributed by atoms with Crippen LogP contribution in [0.25, 0.3) is 0 Å². The van der Waals surface area contributed by atoms with Gasteiger partial charge in [0.15, 0.2) is 0 Å². The van der Waals surface area contributed by atoms with E-state index in [0.717, 1.165) is 5.56 Å². The molecule has 0 radical (unpaired) electrons. The first-order chi connectivity index (χ1) is 10.2. The topological polar surface area (TPSA) is 79.8 Å². The molecule has 0 spiro atoms. The number of esters is 1. The van der Waals surface area contributed by atoms with Crippen LogP contribution >= 0.6 is 0 Å². The van der Waals surface area contributed by atoms with Gasteiger partial charge in [0.1, 0.15) is 11.5 Å². The molecule has 0 saturated carbocycles. The molecule has 0 N–H and O–H groups in total. The number of benzene rings is 1. The van der Waals surface area contributed by atoms with Gasteiger partial charge < -0.3 is 18.9 Å². The Bertz CT molecular complexity index is 680. The van der Waals surface area contributed by atoms with E-state index in [9.17, 15) is 4.79 Å². The summed E-state index contributed by atoms with van der Waals surface area (Å²) in [5.74, 6) is 1.44. The molecule has 7 nitrogen and oxygen atoms in total. The van der Waals surface area contributed by atoms with Crippen molar-refractivity contribution < 1.29 is 23.7 Å². The fraction of sp³-hybridized carbons (Fsp3) is 0.214. The van der Waals surface area contributed by atoms with E-state index in [1.165, 1.54) is 14.2 Å². The Morgan fingerprint density at radius 1 is 1.10 bits per heavy atom. The molecule has 0 amide bonds. The van der Waals surface area contributed by atoms with Crippen LogP contribution in [0.2, 0.25) is 0 Å². The van der Waals surface area contributed by atoms with Crippen molar-refractivity contribution in [2.75, 3.05) is 14.2 Å². The van der Waals surface area contributed by atoms with Crippen LogP contribution in [0.4, 0.5) is 0 Å². The summed E-state index contributed by atoms with van der Waals surface area (Å²) in [5.41, 5.74) is 0.771. The molecule has 3 rings (SSSR count). The summed E-state index contributed by atoms with van der Waals surface area (Å²) in [5, 5.41) is 0. The van der Waals surface area contributed by atoms with E-state index in [2.05, 4.69) is 9.97 Å². The van der Waals surface area contributed by atoms with Gasteiger partial charge in [0.2, 0.25) is 11.8 Å². The minimum Gasteiger partial charge on any atom is -0.481 e. The van der Waals surface area contributed by atoms with Gasteiger partial charge in [-0.25, -0.2) is 0 Å². The minimum atomic E-state index is -0.276. The SMILES string of the molecule is COc1cc(OC)nc(Oc2ccc3c(c2)CC(=O)O3)n1. The molecule has 2 aromatic rings. The molecule has 0 saturated heterocycles. The van der Waals surface area contributed by atoms with Gasteiger partial charge in [0, 0.05) is 5.56 Å². The molecule has 1 aromatic carbocycles. The predicted molar refractivity (Wildman–Crippen MR) is 71.0 cm³/mol. The second kappa shape index (κ2) is 5.28. The van der Waals surface area contributed by atoms with Crippen LogP contribution in [0, 0.1) is 0 Å². The third-order valence-electron chi connectivity index (χ3n) is 2.88. The third-order valence-corrected chi connectivity index (χ3v) is 2.88. The first-order valence-corrected chi connectivity index (χ1v) is 6.16. The second-order valence-corrected chi connectivity index (χ2v) is 4.26. The number of hydrogen-bond donors (Lipinski definition) is 0. The largest absolute Gasteiger partial charge is 0.481 e. The fourth-order valence-corrected chi connectivity index (χ4v) is 1.92. The quantitative estimate of drug-likeness (QED) is 0.626. The third kappa shape index (κ3) is 2.71. The summed E-state index contributed by atoms with van der Waals surface area (Å²) < 4.78 is 20.7. The Labute approximate surface area is 120 Å². The first-order valence-electron chi connectivity index (χ1n) is 6.16. The number of nitrogens with zero attached hydrogens (tertiary/aromatic N) is 2. The van der Waals surface area contributed by atoms with Crippen LogP contribution in [0.1, 0.15) is 5.56 Å². The Morgan fingerprint density at radius 2 is 1.81 bits per heavy atom. The van der Waals surface area contributed by atoms with Gasteiger partial charge in [-0.1, -0.05) is 0 Å². The van der Waals surface area contributed by atoms with Gasteiger partial charge >= 0.3 is 12.0 Å². The summed E-state index contributed by atoms with van der Waals surface area (Å²) in [6.45, 7) is 0. The van der Waals surface area contributed by atoms with Crippen LogP contribution in [-0.2, 0) is 11.2 Å². The van der Waals surface area contributed by atoms with Crippen LogP contribution < -0.4 is 18.9 Å².